The van der Waals surface area contributed by atoms with Gasteiger partial charge < -0.3 is 10.1 Å². The van der Waals surface area contributed by atoms with Gasteiger partial charge in [-0.15, -0.1) is 0 Å². The third kappa shape index (κ3) is 5.99. The molecule has 26 heavy (non-hydrogen) atoms. The molecule has 0 amide bonds. The van der Waals surface area contributed by atoms with Gasteiger partial charge in [-0.25, -0.2) is 9.97 Å². The summed E-state index contributed by atoms with van der Waals surface area (Å²) in [4.78, 5) is 8.66. The Morgan fingerprint density at radius 2 is 1.96 bits per heavy atom. The summed E-state index contributed by atoms with van der Waals surface area (Å²) in [5.41, 5.74) is 2.33. The van der Waals surface area contributed by atoms with Crippen LogP contribution in [0.15, 0.2) is 35.4 Å². The van der Waals surface area contributed by atoms with Crippen LogP contribution in [0.5, 0.6) is 0 Å². The minimum absolute atomic E-state index is 0.329. The number of methoxy groups -OCH3 is 1. The van der Waals surface area contributed by atoms with Crippen LogP contribution in [0.1, 0.15) is 23.4 Å². The highest BCUT2D eigenvalue weighted by Gasteiger charge is 2.30. The lowest BCUT2D eigenvalue weighted by Crippen LogP contribution is -2.06. The van der Waals surface area contributed by atoms with Gasteiger partial charge in [-0.3, -0.25) is 5.43 Å². The largest absolute Gasteiger partial charge is 0.416 e. The number of anilines is 2. The Bertz CT molecular complexity index is 749. The third-order valence-corrected chi connectivity index (χ3v) is 3.38. The number of alkyl halides is 3. The zero-order valence-corrected chi connectivity index (χ0v) is 14.5. The van der Waals surface area contributed by atoms with E-state index in [9.17, 15) is 13.2 Å². The summed E-state index contributed by atoms with van der Waals surface area (Å²) in [5, 5.41) is 6.89. The molecule has 0 saturated carbocycles. The number of ether oxygens (including phenoxy) is 1. The van der Waals surface area contributed by atoms with Crippen molar-refractivity contribution >= 4 is 17.9 Å². The number of hydrogen-bond acceptors (Lipinski definition) is 6. The minimum atomic E-state index is -4.39. The predicted octanol–water partition coefficient (Wildman–Crippen LogP) is 3.56. The Hall–Kier alpha value is -2.68. The van der Waals surface area contributed by atoms with Crippen LogP contribution in [-0.2, 0) is 17.3 Å². The second-order valence-electron chi connectivity index (χ2n) is 5.39. The summed E-state index contributed by atoms with van der Waals surface area (Å²) in [7, 11) is 3.36. The van der Waals surface area contributed by atoms with E-state index < -0.39 is 11.7 Å². The van der Waals surface area contributed by atoms with Crippen molar-refractivity contribution in [2.24, 2.45) is 5.10 Å². The first kappa shape index (κ1) is 19.6. The Morgan fingerprint density at radius 1 is 1.19 bits per heavy atom. The van der Waals surface area contributed by atoms with Gasteiger partial charge >= 0.3 is 6.18 Å². The number of hydrogen-bond donors (Lipinski definition) is 2. The molecule has 140 valence electrons. The first-order chi connectivity index (χ1) is 12.4. The molecule has 2 rings (SSSR count). The van der Waals surface area contributed by atoms with Gasteiger partial charge in [-0.2, -0.15) is 18.3 Å². The lowest BCUT2D eigenvalue weighted by Gasteiger charge is -2.08. The first-order valence-corrected chi connectivity index (χ1v) is 7.93. The number of hydrazone groups is 1. The Labute approximate surface area is 149 Å². The molecule has 0 radical (unpaired) electrons. The lowest BCUT2D eigenvalue weighted by molar-refractivity contribution is -0.137. The van der Waals surface area contributed by atoms with E-state index >= 15 is 0 Å². The van der Waals surface area contributed by atoms with Crippen molar-refractivity contribution < 1.29 is 17.9 Å². The van der Waals surface area contributed by atoms with Crippen LogP contribution in [0.4, 0.5) is 24.8 Å². The zero-order valence-electron chi connectivity index (χ0n) is 14.5. The van der Waals surface area contributed by atoms with Gasteiger partial charge in [0.2, 0.25) is 0 Å². The monoisotopic (exact) mass is 367 g/mol. The molecule has 0 saturated heterocycles. The summed E-state index contributed by atoms with van der Waals surface area (Å²) < 4.78 is 43.2. The molecule has 2 N–H and O–H groups in total. The molecule has 1 heterocycles. The molecule has 0 spiro atoms. The molecule has 0 fully saturated rings. The highest BCUT2D eigenvalue weighted by atomic mass is 19.4. The van der Waals surface area contributed by atoms with Crippen LogP contribution in [0.25, 0.3) is 0 Å². The van der Waals surface area contributed by atoms with Gasteiger partial charge in [0, 0.05) is 33.3 Å². The Morgan fingerprint density at radius 3 is 2.65 bits per heavy atom. The van der Waals surface area contributed by atoms with Crippen LogP contribution in [0, 0.1) is 0 Å². The highest BCUT2D eigenvalue weighted by Crippen LogP contribution is 2.29. The topological polar surface area (TPSA) is 71.4 Å². The van der Waals surface area contributed by atoms with E-state index in [0.717, 1.165) is 18.6 Å². The van der Waals surface area contributed by atoms with E-state index in [1.165, 1.54) is 18.3 Å². The van der Waals surface area contributed by atoms with Crippen LogP contribution < -0.4 is 10.7 Å². The fraction of sp³-hybridized carbons (Fsp3) is 0.353. The zero-order chi connectivity index (χ0) is 19.0. The maximum absolute atomic E-state index is 12.7. The Kier molecular flexibility index (Phi) is 6.90. The average molecular weight is 367 g/mol. The smallest absolute Gasteiger partial charge is 0.385 e. The summed E-state index contributed by atoms with van der Waals surface area (Å²) in [5.74, 6) is 1.68. The van der Waals surface area contributed by atoms with E-state index in [4.69, 9.17) is 4.74 Å². The third-order valence-electron chi connectivity index (χ3n) is 3.38. The molecule has 0 aliphatic rings. The summed E-state index contributed by atoms with van der Waals surface area (Å²) in [6, 6.07) is 6.57. The molecule has 2 aromatic rings. The number of aromatic nitrogens is 2. The fourth-order valence-corrected chi connectivity index (χ4v) is 2.14. The number of rotatable bonds is 8. The standard InChI is InChI=1S/C17H20F3N5O/c1-21-15-10-16(24-14(23-15)7-4-8-26-2)25-22-11-12-5-3-6-13(9-12)17(18,19)20/h3,5-6,9-11H,4,7-8H2,1-2H3,(H2,21,23,24,25). The van der Waals surface area contributed by atoms with Crippen molar-refractivity contribution in [3.8, 4) is 0 Å². The molecule has 0 unspecified atom stereocenters. The average Bonchev–Trinajstić information content (AvgIpc) is 2.61. The lowest BCUT2D eigenvalue weighted by atomic mass is 10.1. The molecule has 1 aromatic heterocycles. The van der Waals surface area contributed by atoms with E-state index in [0.29, 0.717) is 36.1 Å². The second-order valence-corrected chi connectivity index (χ2v) is 5.39. The highest BCUT2D eigenvalue weighted by molar-refractivity contribution is 5.80. The van der Waals surface area contributed by atoms with Crippen LogP contribution in [0.3, 0.4) is 0 Å². The fourth-order valence-electron chi connectivity index (χ4n) is 2.14. The molecule has 6 nitrogen and oxygen atoms in total. The number of benzene rings is 1. The van der Waals surface area contributed by atoms with Gasteiger partial charge in [0.25, 0.3) is 0 Å². The van der Waals surface area contributed by atoms with Crippen molar-refractivity contribution in [3.05, 3.63) is 47.3 Å². The maximum atomic E-state index is 12.7. The summed E-state index contributed by atoms with van der Waals surface area (Å²) in [6.07, 6.45) is -1.67. The van der Waals surface area contributed by atoms with E-state index in [-0.39, 0.29) is 0 Å². The van der Waals surface area contributed by atoms with Crippen LogP contribution >= 0.6 is 0 Å². The number of halogens is 3. The summed E-state index contributed by atoms with van der Waals surface area (Å²) in [6.45, 7) is 0.601. The van der Waals surface area contributed by atoms with Gasteiger partial charge in [0.05, 0.1) is 11.8 Å². The first-order valence-electron chi connectivity index (χ1n) is 7.93. The van der Waals surface area contributed by atoms with E-state index in [1.807, 2.05) is 0 Å². The number of nitrogens with one attached hydrogen (secondary N) is 2. The Balaban J connectivity index is 2.08. The van der Waals surface area contributed by atoms with E-state index in [1.54, 1.807) is 20.2 Å². The SMILES string of the molecule is CNc1cc(NN=Cc2cccc(C(F)(F)F)c2)nc(CCCOC)n1. The molecule has 0 bridgehead atoms. The number of nitrogens with zero attached hydrogens (tertiary/aromatic N) is 3. The van der Waals surface area contributed by atoms with Crippen molar-refractivity contribution in [2.45, 2.75) is 19.0 Å². The van der Waals surface area contributed by atoms with Crippen LogP contribution in [-0.4, -0.2) is 36.9 Å². The van der Waals surface area contributed by atoms with Crippen molar-refractivity contribution in [1.82, 2.24) is 9.97 Å². The van der Waals surface area contributed by atoms with Crippen LogP contribution in [0.2, 0.25) is 0 Å². The predicted molar refractivity (Wildman–Crippen MR) is 94.4 cm³/mol. The molecule has 9 heteroatoms. The summed E-state index contributed by atoms with van der Waals surface area (Å²) >= 11 is 0. The molecular weight excluding hydrogens is 347 g/mol. The van der Waals surface area contributed by atoms with Gasteiger partial charge in [0.15, 0.2) is 5.82 Å². The quantitative estimate of drug-likeness (QED) is 0.424. The molecule has 1 aromatic carbocycles. The second kappa shape index (κ2) is 9.14. The molecule has 0 atom stereocenters. The van der Waals surface area contributed by atoms with E-state index in [2.05, 4.69) is 25.8 Å². The number of aryl methyl sites for hydroxylation is 1. The van der Waals surface area contributed by atoms with Crippen molar-refractivity contribution in [1.29, 1.82) is 0 Å². The van der Waals surface area contributed by atoms with Crippen molar-refractivity contribution in [3.63, 3.8) is 0 Å². The minimum Gasteiger partial charge on any atom is -0.385 e. The maximum Gasteiger partial charge on any atom is 0.416 e. The molecule has 0 aliphatic carbocycles. The molecule has 0 aliphatic heterocycles. The van der Waals surface area contributed by atoms with Gasteiger partial charge in [0.1, 0.15) is 11.6 Å². The normalized spacial score (nSPS) is 11.7. The van der Waals surface area contributed by atoms with Crippen molar-refractivity contribution in [2.75, 3.05) is 31.5 Å². The van der Waals surface area contributed by atoms with Gasteiger partial charge in [-0.1, -0.05) is 12.1 Å². The molecular formula is C17H20F3N5O. The van der Waals surface area contributed by atoms with Gasteiger partial charge in [-0.05, 0) is 24.1 Å².